The number of fused-ring (bicyclic) bond motifs is 1. The van der Waals surface area contributed by atoms with Crippen LogP contribution in [0.3, 0.4) is 0 Å². The summed E-state index contributed by atoms with van der Waals surface area (Å²) in [5, 5.41) is 24.3. The van der Waals surface area contributed by atoms with Crippen LogP contribution in [0.5, 0.6) is 11.5 Å². The summed E-state index contributed by atoms with van der Waals surface area (Å²) in [5.41, 5.74) is 2.63. The molecule has 37 heavy (non-hydrogen) atoms. The number of pyridine rings is 2. The lowest BCUT2D eigenvalue weighted by Gasteiger charge is -2.30. The smallest absolute Gasteiger partial charge is 0.184 e. The molecule has 4 heterocycles. The summed E-state index contributed by atoms with van der Waals surface area (Å²) >= 11 is 1.58. The minimum Gasteiger partial charge on any atom is -0.457 e. The molecule has 192 valence electrons. The average molecular weight is 518 g/mol. The van der Waals surface area contributed by atoms with Crippen molar-refractivity contribution >= 4 is 32.5 Å². The predicted octanol–water partition coefficient (Wildman–Crippen LogP) is 5.22. The lowest BCUT2D eigenvalue weighted by Crippen LogP contribution is -2.36. The Morgan fingerprint density at radius 2 is 1.76 bits per heavy atom. The van der Waals surface area contributed by atoms with Crippen molar-refractivity contribution in [3.05, 3.63) is 54.9 Å². The third-order valence-corrected chi connectivity index (χ3v) is 8.15. The van der Waals surface area contributed by atoms with Gasteiger partial charge in [0.1, 0.15) is 17.3 Å². The molecule has 1 aromatic carbocycles. The van der Waals surface area contributed by atoms with Gasteiger partial charge >= 0.3 is 0 Å². The quantitative estimate of drug-likeness (QED) is 0.320. The Kier molecular flexibility index (Phi) is 6.91. The second-order valence-electron chi connectivity index (χ2n) is 9.85. The lowest BCUT2D eigenvalue weighted by atomic mass is 9.93. The van der Waals surface area contributed by atoms with E-state index < -0.39 is 0 Å². The van der Waals surface area contributed by atoms with E-state index in [1.807, 2.05) is 48.7 Å². The first-order chi connectivity index (χ1) is 18.1. The van der Waals surface area contributed by atoms with E-state index in [-0.39, 0.29) is 18.2 Å². The van der Waals surface area contributed by atoms with Crippen LogP contribution in [0.25, 0.3) is 21.5 Å². The van der Waals surface area contributed by atoms with Crippen LogP contribution in [0.15, 0.2) is 54.9 Å². The van der Waals surface area contributed by atoms with E-state index in [2.05, 4.69) is 20.2 Å². The maximum absolute atomic E-state index is 10.3. The van der Waals surface area contributed by atoms with Gasteiger partial charge in [-0.15, -0.1) is 0 Å². The van der Waals surface area contributed by atoms with Crippen LogP contribution in [0.1, 0.15) is 38.5 Å². The number of anilines is 2. The molecular formula is C28H31N5O3S. The highest BCUT2D eigenvalue weighted by molar-refractivity contribution is 7.22. The van der Waals surface area contributed by atoms with E-state index in [0.717, 1.165) is 89.8 Å². The number of aromatic nitrogens is 3. The number of nitrogens with zero attached hydrogens (tertiary/aromatic N) is 4. The fourth-order valence-electron chi connectivity index (χ4n) is 5.06. The van der Waals surface area contributed by atoms with Crippen molar-refractivity contribution in [2.45, 2.75) is 56.8 Å². The SMILES string of the molecule is OC1CCN(c2ccc(-c3cc(Oc4ccc5nc(N[C@@H]6CCCC[C@H]6O)sc5c4)ccn3)cn2)CC1. The third kappa shape index (κ3) is 5.53. The Morgan fingerprint density at radius 3 is 2.57 bits per heavy atom. The topological polar surface area (TPSA) is 104 Å². The van der Waals surface area contributed by atoms with Gasteiger partial charge < -0.3 is 25.2 Å². The molecule has 6 rings (SSSR count). The standard InChI is InChI=1S/C28H31N5O3S/c34-19-10-13-33(14-11-19)27-8-5-18(17-30-27)24-15-21(9-12-29-24)36-20-6-7-23-26(16-20)37-28(32-23)31-22-3-1-2-4-25(22)35/h5-9,12,15-17,19,22,25,34-35H,1-4,10-11,13-14H2,(H,31,32)/t22-,25-/m1/s1. The summed E-state index contributed by atoms with van der Waals surface area (Å²) in [5.74, 6) is 2.36. The number of nitrogens with one attached hydrogen (secondary N) is 1. The molecule has 0 unspecified atom stereocenters. The molecule has 0 spiro atoms. The third-order valence-electron chi connectivity index (χ3n) is 7.20. The molecule has 4 aromatic rings. The Balaban J connectivity index is 1.14. The minimum atomic E-state index is -0.314. The zero-order chi connectivity index (χ0) is 25.2. The molecule has 3 N–H and O–H groups in total. The van der Waals surface area contributed by atoms with E-state index in [9.17, 15) is 10.2 Å². The van der Waals surface area contributed by atoms with Gasteiger partial charge in [0.2, 0.25) is 0 Å². The van der Waals surface area contributed by atoms with E-state index in [1.54, 1.807) is 17.5 Å². The van der Waals surface area contributed by atoms with Crippen LogP contribution in [0.2, 0.25) is 0 Å². The van der Waals surface area contributed by atoms with Gasteiger partial charge in [-0.2, -0.15) is 0 Å². The largest absolute Gasteiger partial charge is 0.457 e. The molecule has 2 atom stereocenters. The summed E-state index contributed by atoms with van der Waals surface area (Å²) in [6.45, 7) is 1.64. The first-order valence-electron chi connectivity index (χ1n) is 13.0. The van der Waals surface area contributed by atoms with Gasteiger partial charge in [0.05, 0.1) is 34.2 Å². The molecule has 0 amide bonds. The molecule has 9 heteroatoms. The number of hydrogen-bond acceptors (Lipinski definition) is 9. The summed E-state index contributed by atoms with van der Waals surface area (Å²) < 4.78 is 7.21. The number of aliphatic hydroxyl groups is 2. The number of rotatable bonds is 6. The van der Waals surface area contributed by atoms with E-state index in [1.165, 1.54) is 0 Å². The van der Waals surface area contributed by atoms with Crippen LogP contribution < -0.4 is 15.0 Å². The zero-order valence-electron chi connectivity index (χ0n) is 20.6. The highest BCUT2D eigenvalue weighted by atomic mass is 32.1. The number of aliphatic hydroxyl groups excluding tert-OH is 2. The Hall–Kier alpha value is -3.27. The van der Waals surface area contributed by atoms with Gasteiger partial charge in [0.15, 0.2) is 5.13 Å². The Labute approximate surface area is 220 Å². The Bertz CT molecular complexity index is 1350. The van der Waals surface area contributed by atoms with Gasteiger partial charge in [-0.1, -0.05) is 24.2 Å². The van der Waals surface area contributed by atoms with Crippen molar-refractivity contribution in [1.29, 1.82) is 0 Å². The van der Waals surface area contributed by atoms with E-state index >= 15 is 0 Å². The number of thiazole rings is 1. The van der Waals surface area contributed by atoms with E-state index in [4.69, 9.17) is 9.72 Å². The maximum atomic E-state index is 10.3. The van der Waals surface area contributed by atoms with Gasteiger partial charge in [-0.3, -0.25) is 4.98 Å². The molecular weight excluding hydrogens is 486 g/mol. The van der Waals surface area contributed by atoms with Crippen molar-refractivity contribution in [3.63, 3.8) is 0 Å². The van der Waals surface area contributed by atoms with Crippen molar-refractivity contribution in [2.75, 3.05) is 23.3 Å². The van der Waals surface area contributed by atoms with Gasteiger partial charge in [0.25, 0.3) is 0 Å². The molecule has 8 nitrogen and oxygen atoms in total. The molecule has 2 aliphatic rings. The molecule has 1 aliphatic carbocycles. The highest BCUT2D eigenvalue weighted by Crippen LogP contribution is 2.33. The first-order valence-corrected chi connectivity index (χ1v) is 13.8. The van der Waals surface area contributed by atoms with Crippen LogP contribution >= 0.6 is 11.3 Å². The molecule has 1 saturated heterocycles. The fourth-order valence-corrected chi connectivity index (χ4v) is 6.01. The molecule has 1 aliphatic heterocycles. The van der Waals surface area contributed by atoms with Gasteiger partial charge in [-0.05, 0) is 56.0 Å². The van der Waals surface area contributed by atoms with Gasteiger partial charge in [0, 0.05) is 43.2 Å². The molecule has 1 saturated carbocycles. The number of piperidine rings is 1. The summed E-state index contributed by atoms with van der Waals surface area (Å²) in [4.78, 5) is 16.1. The first kappa shape index (κ1) is 24.1. The van der Waals surface area contributed by atoms with Crippen molar-refractivity contribution in [1.82, 2.24) is 15.0 Å². The van der Waals surface area contributed by atoms with Crippen LogP contribution in [0.4, 0.5) is 10.9 Å². The maximum Gasteiger partial charge on any atom is 0.184 e. The van der Waals surface area contributed by atoms with Gasteiger partial charge in [-0.25, -0.2) is 9.97 Å². The number of benzene rings is 1. The Morgan fingerprint density at radius 1 is 0.919 bits per heavy atom. The monoisotopic (exact) mass is 517 g/mol. The second kappa shape index (κ2) is 10.6. The van der Waals surface area contributed by atoms with E-state index in [0.29, 0.717) is 5.75 Å². The minimum absolute atomic E-state index is 0.0663. The molecule has 3 aromatic heterocycles. The van der Waals surface area contributed by atoms with Crippen LogP contribution in [-0.4, -0.2) is 56.5 Å². The summed E-state index contributed by atoms with van der Waals surface area (Å²) in [6, 6.07) is 13.8. The zero-order valence-corrected chi connectivity index (χ0v) is 21.4. The lowest BCUT2D eigenvalue weighted by molar-refractivity contribution is 0.116. The van der Waals surface area contributed by atoms with Crippen LogP contribution in [0, 0.1) is 0 Å². The molecule has 0 bridgehead atoms. The number of ether oxygens (including phenoxy) is 1. The van der Waals surface area contributed by atoms with Crippen LogP contribution in [-0.2, 0) is 0 Å². The van der Waals surface area contributed by atoms with Crippen molar-refractivity contribution < 1.29 is 14.9 Å². The second-order valence-corrected chi connectivity index (χ2v) is 10.9. The summed E-state index contributed by atoms with van der Waals surface area (Å²) in [6.07, 6.45) is 8.66. The van der Waals surface area contributed by atoms with Crippen molar-refractivity contribution in [2.24, 2.45) is 0 Å². The highest BCUT2D eigenvalue weighted by Gasteiger charge is 2.24. The fraction of sp³-hybridized carbons (Fsp3) is 0.393. The number of hydrogen-bond donors (Lipinski definition) is 3. The molecule has 2 fully saturated rings. The average Bonchev–Trinajstić information content (AvgIpc) is 3.32. The molecule has 0 radical (unpaired) electrons. The van der Waals surface area contributed by atoms with Crippen molar-refractivity contribution in [3.8, 4) is 22.8 Å². The normalized spacial score (nSPS) is 20.8. The summed E-state index contributed by atoms with van der Waals surface area (Å²) in [7, 11) is 0. The predicted molar refractivity (Wildman–Crippen MR) is 147 cm³/mol.